The second kappa shape index (κ2) is 7.09. The molecule has 0 aliphatic heterocycles. The number of ether oxygens (including phenoxy) is 1. The molecule has 0 saturated heterocycles. The van der Waals surface area contributed by atoms with Crippen LogP contribution in [0.5, 0.6) is 5.88 Å². The lowest BCUT2D eigenvalue weighted by atomic mass is 10.3. The highest BCUT2D eigenvalue weighted by molar-refractivity contribution is 5.94. The van der Waals surface area contributed by atoms with Crippen molar-refractivity contribution >= 4 is 17.5 Å². The SMILES string of the molecule is COc1ccc(NC(=O)CCNC(=O)c2ccoc2)cn1. The van der Waals surface area contributed by atoms with Crippen LogP contribution in [0.3, 0.4) is 0 Å². The zero-order valence-corrected chi connectivity index (χ0v) is 11.5. The third-order valence-electron chi connectivity index (χ3n) is 2.65. The Morgan fingerprint density at radius 1 is 1.33 bits per heavy atom. The number of aromatic nitrogens is 1. The highest BCUT2D eigenvalue weighted by atomic mass is 16.5. The van der Waals surface area contributed by atoms with E-state index in [-0.39, 0.29) is 24.8 Å². The molecule has 0 atom stereocenters. The quantitative estimate of drug-likeness (QED) is 0.839. The normalized spacial score (nSPS) is 9.95. The van der Waals surface area contributed by atoms with Crippen molar-refractivity contribution in [1.29, 1.82) is 0 Å². The number of rotatable bonds is 6. The Morgan fingerprint density at radius 3 is 2.81 bits per heavy atom. The molecule has 2 heterocycles. The van der Waals surface area contributed by atoms with E-state index in [2.05, 4.69) is 15.6 Å². The molecule has 0 fully saturated rings. The van der Waals surface area contributed by atoms with Gasteiger partial charge in [-0.15, -0.1) is 0 Å². The Labute approximate surface area is 121 Å². The van der Waals surface area contributed by atoms with Crippen LogP contribution in [0.25, 0.3) is 0 Å². The van der Waals surface area contributed by atoms with Gasteiger partial charge in [0.05, 0.1) is 30.8 Å². The molecular formula is C14H15N3O4. The van der Waals surface area contributed by atoms with Crippen molar-refractivity contribution in [2.45, 2.75) is 6.42 Å². The van der Waals surface area contributed by atoms with E-state index in [0.717, 1.165) is 0 Å². The predicted molar refractivity (Wildman–Crippen MR) is 75.1 cm³/mol. The highest BCUT2D eigenvalue weighted by Crippen LogP contribution is 2.10. The van der Waals surface area contributed by atoms with Crippen molar-refractivity contribution in [3.05, 3.63) is 42.5 Å². The van der Waals surface area contributed by atoms with Crippen molar-refractivity contribution in [2.75, 3.05) is 19.0 Å². The zero-order valence-electron chi connectivity index (χ0n) is 11.5. The average Bonchev–Trinajstić information content (AvgIpc) is 3.02. The molecule has 0 aliphatic rings. The molecule has 2 amide bonds. The predicted octanol–water partition coefficient (Wildman–Crippen LogP) is 1.44. The smallest absolute Gasteiger partial charge is 0.254 e. The first-order chi connectivity index (χ1) is 10.2. The summed E-state index contributed by atoms with van der Waals surface area (Å²) in [6.45, 7) is 0.236. The molecule has 7 nitrogen and oxygen atoms in total. The zero-order chi connectivity index (χ0) is 15.1. The van der Waals surface area contributed by atoms with E-state index >= 15 is 0 Å². The van der Waals surface area contributed by atoms with Gasteiger partial charge in [-0.05, 0) is 12.1 Å². The number of carbonyl (C=O) groups is 2. The van der Waals surface area contributed by atoms with Crippen LogP contribution < -0.4 is 15.4 Å². The van der Waals surface area contributed by atoms with Gasteiger partial charge in [0.1, 0.15) is 6.26 Å². The molecule has 0 aliphatic carbocycles. The second-order valence-electron chi connectivity index (χ2n) is 4.16. The fourth-order valence-corrected chi connectivity index (χ4v) is 1.58. The Balaban J connectivity index is 1.73. The summed E-state index contributed by atoms with van der Waals surface area (Å²) in [5.41, 5.74) is 0.997. The van der Waals surface area contributed by atoms with E-state index in [1.165, 1.54) is 25.8 Å². The van der Waals surface area contributed by atoms with Crippen LogP contribution in [0.4, 0.5) is 5.69 Å². The summed E-state index contributed by atoms with van der Waals surface area (Å²) in [6, 6.07) is 4.89. The van der Waals surface area contributed by atoms with Crippen molar-refractivity contribution in [3.8, 4) is 5.88 Å². The number of hydrogen-bond donors (Lipinski definition) is 2. The number of carbonyl (C=O) groups excluding carboxylic acids is 2. The minimum Gasteiger partial charge on any atom is -0.481 e. The van der Waals surface area contributed by atoms with Gasteiger partial charge in [-0.1, -0.05) is 0 Å². The van der Waals surface area contributed by atoms with Crippen molar-refractivity contribution < 1.29 is 18.7 Å². The fraction of sp³-hybridized carbons (Fsp3) is 0.214. The maximum absolute atomic E-state index is 11.7. The molecule has 0 bridgehead atoms. The maximum atomic E-state index is 11.7. The van der Waals surface area contributed by atoms with Gasteiger partial charge < -0.3 is 19.8 Å². The third-order valence-corrected chi connectivity index (χ3v) is 2.65. The first-order valence-electron chi connectivity index (χ1n) is 6.29. The topological polar surface area (TPSA) is 93.5 Å². The Bertz CT molecular complexity index is 593. The van der Waals surface area contributed by atoms with E-state index in [0.29, 0.717) is 17.1 Å². The summed E-state index contributed by atoms with van der Waals surface area (Å²) in [4.78, 5) is 27.3. The minimum atomic E-state index is -0.275. The number of nitrogens with zero attached hydrogens (tertiary/aromatic N) is 1. The Morgan fingerprint density at radius 2 is 2.19 bits per heavy atom. The standard InChI is InChI=1S/C14H15N3O4/c1-20-13-3-2-11(8-16-13)17-12(18)4-6-15-14(19)10-5-7-21-9-10/h2-3,5,7-9H,4,6H2,1H3,(H,15,19)(H,17,18). The van der Waals surface area contributed by atoms with Gasteiger partial charge in [-0.25, -0.2) is 4.98 Å². The summed E-state index contributed by atoms with van der Waals surface area (Å²) < 4.78 is 9.73. The van der Waals surface area contributed by atoms with Crippen LogP contribution in [0.15, 0.2) is 41.3 Å². The number of anilines is 1. The van der Waals surface area contributed by atoms with Crippen LogP contribution >= 0.6 is 0 Å². The summed E-state index contributed by atoms with van der Waals surface area (Å²) in [5, 5.41) is 5.30. The van der Waals surface area contributed by atoms with Crippen molar-refractivity contribution in [3.63, 3.8) is 0 Å². The Kier molecular flexibility index (Phi) is 4.92. The number of nitrogens with one attached hydrogen (secondary N) is 2. The molecule has 21 heavy (non-hydrogen) atoms. The van der Waals surface area contributed by atoms with Gasteiger partial charge in [-0.3, -0.25) is 9.59 Å². The molecule has 110 valence electrons. The molecular weight excluding hydrogens is 274 g/mol. The number of amides is 2. The van der Waals surface area contributed by atoms with Crippen LogP contribution in [0.1, 0.15) is 16.8 Å². The lowest BCUT2D eigenvalue weighted by molar-refractivity contribution is -0.116. The van der Waals surface area contributed by atoms with E-state index in [1.54, 1.807) is 18.2 Å². The second-order valence-corrected chi connectivity index (χ2v) is 4.16. The molecule has 2 aromatic heterocycles. The van der Waals surface area contributed by atoms with Crippen molar-refractivity contribution in [1.82, 2.24) is 10.3 Å². The number of furan rings is 1. The largest absolute Gasteiger partial charge is 0.481 e. The lowest BCUT2D eigenvalue weighted by Gasteiger charge is -2.06. The number of pyridine rings is 1. The van der Waals surface area contributed by atoms with E-state index in [1.807, 2.05) is 0 Å². The molecule has 0 radical (unpaired) electrons. The van der Waals surface area contributed by atoms with E-state index in [4.69, 9.17) is 9.15 Å². The summed E-state index contributed by atoms with van der Waals surface area (Å²) in [6.07, 6.45) is 4.42. The van der Waals surface area contributed by atoms with Gasteiger partial charge in [0.2, 0.25) is 11.8 Å². The summed E-state index contributed by atoms with van der Waals surface area (Å²) in [7, 11) is 1.52. The lowest BCUT2D eigenvalue weighted by Crippen LogP contribution is -2.27. The van der Waals surface area contributed by atoms with Gasteiger partial charge in [0, 0.05) is 19.0 Å². The molecule has 0 aromatic carbocycles. The molecule has 7 heteroatoms. The highest BCUT2D eigenvalue weighted by Gasteiger charge is 2.08. The average molecular weight is 289 g/mol. The fourth-order valence-electron chi connectivity index (χ4n) is 1.58. The third kappa shape index (κ3) is 4.34. The molecule has 0 saturated carbocycles. The molecule has 0 unspecified atom stereocenters. The van der Waals surface area contributed by atoms with Gasteiger partial charge in [0.25, 0.3) is 5.91 Å². The Hall–Kier alpha value is -2.83. The summed E-state index contributed by atoms with van der Waals surface area (Å²) >= 11 is 0. The monoisotopic (exact) mass is 289 g/mol. The van der Waals surface area contributed by atoms with Crippen LogP contribution in [0.2, 0.25) is 0 Å². The summed E-state index contributed by atoms with van der Waals surface area (Å²) in [5.74, 6) is -0.0162. The molecule has 2 N–H and O–H groups in total. The molecule has 0 spiro atoms. The number of methoxy groups -OCH3 is 1. The maximum Gasteiger partial charge on any atom is 0.254 e. The van der Waals surface area contributed by atoms with Crippen LogP contribution in [-0.2, 0) is 4.79 Å². The van der Waals surface area contributed by atoms with E-state index < -0.39 is 0 Å². The molecule has 2 rings (SSSR count). The molecule has 2 aromatic rings. The van der Waals surface area contributed by atoms with Gasteiger partial charge >= 0.3 is 0 Å². The van der Waals surface area contributed by atoms with E-state index in [9.17, 15) is 9.59 Å². The van der Waals surface area contributed by atoms with Gasteiger partial charge in [0.15, 0.2) is 0 Å². The number of hydrogen-bond acceptors (Lipinski definition) is 5. The van der Waals surface area contributed by atoms with Crippen LogP contribution in [-0.4, -0.2) is 30.5 Å². The van der Waals surface area contributed by atoms with Gasteiger partial charge in [-0.2, -0.15) is 0 Å². The first kappa shape index (κ1) is 14.6. The first-order valence-corrected chi connectivity index (χ1v) is 6.29. The van der Waals surface area contributed by atoms with Crippen LogP contribution in [0, 0.1) is 0 Å². The minimum absolute atomic E-state index is 0.162. The van der Waals surface area contributed by atoms with Crippen molar-refractivity contribution in [2.24, 2.45) is 0 Å².